The van der Waals surface area contributed by atoms with E-state index in [1.807, 2.05) is 6.07 Å². The van der Waals surface area contributed by atoms with Gasteiger partial charge < -0.3 is 4.74 Å². The van der Waals surface area contributed by atoms with Crippen LogP contribution >= 0.6 is 0 Å². The molecule has 4 heteroatoms. The minimum absolute atomic E-state index is 0.0289. The predicted molar refractivity (Wildman–Crippen MR) is 48.3 cm³/mol. The lowest BCUT2D eigenvalue weighted by Crippen LogP contribution is -2.23. The molecule has 70 valence electrons. The van der Waals surface area contributed by atoms with Crippen molar-refractivity contribution < 1.29 is 14.3 Å². The molecule has 0 aliphatic carbocycles. The summed E-state index contributed by atoms with van der Waals surface area (Å²) in [6.07, 6.45) is 1.13. The number of nitrogens with one attached hydrogen (secondary N) is 1. The molecule has 1 aliphatic heterocycles. The van der Waals surface area contributed by atoms with Crippen LogP contribution < -0.4 is 10.1 Å². The highest BCUT2D eigenvalue weighted by Crippen LogP contribution is 2.14. The van der Waals surface area contributed by atoms with E-state index >= 15 is 0 Å². The zero-order chi connectivity index (χ0) is 9.97. The van der Waals surface area contributed by atoms with E-state index in [-0.39, 0.29) is 5.76 Å². The average Bonchev–Trinajstić information content (AvgIpc) is 2.47. The highest BCUT2D eigenvalue weighted by atomic mass is 16.5. The number of rotatable bonds is 2. The third kappa shape index (κ3) is 1.64. The van der Waals surface area contributed by atoms with Gasteiger partial charge in [0.25, 0.3) is 11.8 Å². The summed E-state index contributed by atoms with van der Waals surface area (Å²) < 4.78 is 5.19. The van der Waals surface area contributed by atoms with Gasteiger partial charge in [-0.1, -0.05) is 18.2 Å². The molecule has 4 nitrogen and oxygen atoms in total. The van der Waals surface area contributed by atoms with E-state index in [9.17, 15) is 9.59 Å². The molecular weight excluding hydrogens is 182 g/mol. The van der Waals surface area contributed by atoms with E-state index in [0.717, 1.165) is 6.08 Å². The Morgan fingerprint density at radius 2 is 1.79 bits per heavy atom. The Labute approximate surface area is 80.2 Å². The Hall–Kier alpha value is -2.10. The first-order chi connectivity index (χ1) is 6.75. The molecule has 0 saturated heterocycles. The largest absolute Gasteiger partial charge is 0.451 e. The lowest BCUT2D eigenvalue weighted by molar-refractivity contribution is -0.124. The van der Waals surface area contributed by atoms with Crippen molar-refractivity contribution >= 4 is 11.8 Å². The molecule has 1 aromatic rings. The maximum Gasteiger partial charge on any atom is 0.294 e. The second-order valence-corrected chi connectivity index (χ2v) is 2.74. The van der Waals surface area contributed by atoms with Gasteiger partial charge in [0, 0.05) is 0 Å². The van der Waals surface area contributed by atoms with Crippen molar-refractivity contribution in [2.45, 2.75) is 0 Å². The van der Waals surface area contributed by atoms with E-state index in [1.54, 1.807) is 24.3 Å². The number of para-hydroxylation sites is 1. The molecule has 1 heterocycles. The average molecular weight is 189 g/mol. The number of benzene rings is 1. The van der Waals surface area contributed by atoms with Crippen molar-refractivity contribution in [2.75, 3.05) is 0 Å². The van der Waals surface area contributed by atoms with Crippen LogP contribution in [0.3, 0.4) is 0 Å². The number of carbonyl (C=O) groups excluding carboxylic acids is 2. The molecule has 0 saturated carbocycles. The quantitative estimate of drug-likeness (QED) is 0.693. The molecule has 0 atom stereocenters. The van der Waals surface area contributed by atoms with Gasteiger partial charge >= 0.3 is 0 Å². The van der Waals surface area contributed by atoms with Gasteiger partial charge in [0.1, 0.15) is 5.75 Å². The van der Waals surface area contributed by atoms with Crippen LogP contribution in [0.25, 0.3) is 0 Å². The normalized spacial score (nSPS) is 15.0. The smallest absolute Gasteiger partial charge is 0.294 e. The maximum absolute atomic E-state index is 11.1. The molecule has 0 bridgehead atoms. The summed E-state index contributed by atoms with van der Waals surface area (Å²) in [4.78, 5) is 21.8. The highest BCUT2D eigenvalue weighted by Gasteiger charge is 2.22. The van der Waals surface area contributed by atoms with Gasteiger partial charge in [-0.05, 0) is 12.1 Å². The molecule has 1 N–H and O–H groups in total. The van der Waals surface area contributed by atoms with Crippen molar-refractivity contribution in [3.05, 3.63) is 42.2 Å². The first-order valence-corrected chi connectivity index (χ1v) is 4.05. The summed E-state index contributed by atoms with van der Waals surface area (Å²) in [7, 11) is 0. The summed E-state index contributed by atoms with van der Waals surface area (Å²) in [6, 6.07) is 8.81. The van der Waals surface area contributed by atoms with E-state index in [4.69, 9.17) is 4.74 Å². The van der Waals surface area contributed by atoms with Crippen molar-refractivity contribution in [2.24, 2.45) is 0 Å². The Balaban J connectivity index is 2.16. The Kier molecular flexibility index (Phi) is 2.02. The van der Waals surface area contributed by atoms with Gasteiger partial charge in [-0.15, -0.1) is 0 Å². The van der Waals surface area contributed by atoms with Gasteiger partial charge in [-0.25, -0.2) is 0 Å². The number of hydrogen-bond donors (Lipinski definition) is 1. The van der Waals surface area contributed by atoms with Crippen LogP contribution in [0, 0.1) is 0 Å². The standard InChI is InChI=1S/C10H7NO3/c12-9-6-8(10(13)11-9)14-7-4-2-1-3-5-7/h1-6H,(H,11,12,13). The van der Waals surface area contributed by atoms with Gasteiger partial charge in [-0.3, -0.25) is 14.9 Å². The van der Waals surface area contributed by atoms with Gasteiger partial charge in [0.2, 0.25) is 0 Å². The third-order valence-corrected chi connectivity index (χ3v) is 1.69. The highest BCUT2D eigenvalue weighted by molar-refractivity contribution is 6.15. The summed E-state index contributed by atoms with van der Waals surface area (Å²) in [5.41, 5.74) is 0. The lowest BCUT2D eigenvalue weighted by Gasteiger charge is -2.02. The van der Waals surface area contributed by atoms with Crippen LogP contribution in [0.5, 0.6) is 5.75 Å². The molecule has 1 aromatic carbocycles. The molecule has 0 fully saturated rings. The molecule has 14 heavy (non-hydrogen) atoms. The number of hydrogen-bond acceptors (Lipinski definition) is 3. The predicted octanol–water partition coefficient (Wildman–Crippen LogP) is 0.606. The number of imide groups is 1. The van der Waals surface area contributed by atoms with Gasteiger partial charge in [0.05, 0.1) is 6.08 Å². The molecule has 2 amide bonds. The second kappa shape index (κ2) is 3.33. The zero-order valence-corrected chi connectivity index (χ0v) is 7.19. The zero-order valence-electron chi connectivity index (χ0n) is 7.19. The third-order valence-electron chi connectivity index (χ3n) is 1.69. The Morgan fingerprint density at radius 3 is 2.36 bits per heavy atom. The molecule has 1 aliphatic rings. The molecular formula is C10H7NO3. The molecule has 0 radical (unpaired) electrons. The van der Waals surface area contributed by atoms with Crippen LogP contribution in [0.2, 0.25) is 0 Å². The summed E-state index contributed by atoms with van der Waals surface area (Å²) >= 11 is 0. The minimum atomic E-state index is -0.501. The summed E-state index contributed by atoms with van der Waals surface area (Å²) in [6.45, 7) is 0. The number of amides is 2. The molecule has 0 aromatic heterocycles. The first kappa shape index (κ1) is 8.50. The number of carbonyl (C=O) groups is 2. The van der Waals surface area contributed by atoms with Crippen molar-refractivity contribution in [3.63, 3.8) is 0 Å². The van der Waals surface area contributed by atoms with E-state index < -0.39 is 11.8 Å². The topological polar surface area (TPSA) is 55.4 Å². The second-order valence-electron chi connectivity index (χ2n) is 2.74. The van der Waals surface area contributed by atoms with Crippen LogP contribution in [-0.4, -0.2) is 11.8 Å². The monoisotopic (exact) mass is 189 g/mol. The van der Waals surface area contributed by atoms with E-state index in [0.29, 0.717) is 5.75 Å². The van der Waals surface area contributed by atoms with Crippen LogP contribution in [0.4, 0.5) is 0 Å². The maximum atomic E-state index is 11.1. The summed E-state index contributed by atoms with van der Waals surface area (Å²) in [5.74, 6) is -0.385. The SMILES string of the molecule is O=C1C=C(Oc2ccccc2)C(=O)N1. The van der Waals surface area contributed by atoms with Crippen molar-refractivity contribution in [3.8, 4) is 5.75 Å². The molecule has 0 spiro atoms. The number of ether oxygens (including phenoxy) is 1. The van der Waals surface area contributed by atoms with Crippen molar-refractivity contribution in [1.29, 1.82) is 0 Å². The lowest BCUT2D eigenvalue weighted by atomic mass is 10.3. The Morgan fingerprint density at radius 1 is 1.07 bits per heavy atom. The molecule has 2 rings (SSSR count). The van der Waals surface area contributed by atoms with Gasteiger partial charge in [-0.2, -0.15) is 0 Å². The van der Waals surface area contributed by atoms with Crippen LogP contribution in [0.1, 0.15) is 0 Å². The minimum Gasteiger partial charge on any atom is -0.451 e. The first-order valence-electron chi connectivity index (χ1n) is 4.05. The fraction of sp³-hybridized carbons (Fsp3) is 0. The van der Waals surface area contributed by atoms with Crippen LogP contribution in [0.15, 0.2) is 42.2 Å². The van der Waals surface area contributed by atoms with E-state index in [1.165, 1.54) is 0 Å². The van der Waals surface area contributed by atoms with E-state index in [2.05, 4.69) is 5.32 Å². The molecule has 0 unspecified atom stereocenters. The van der Waals surface area contributed by atoms with Gasteiger partial charge in [0.15, 0.2) is 5.76 Å². The fourth-order valence-corrected chi connectivity index (χ4v) is 1.09. The van der Waals surface area contributed by atoms with Crippen LogP contribution in [-0.2, 0) is 9.59 Å². The summed E-state index contributed by atoms with van der Waals surface area (Å²) in [5, 5.41) is 2.09. The Bertz CT molecular complexity index is 409. The fourth-order valence-electron chi connectivity index (χ4n) is 1.09. The van der Waals surface area contributed by atoms with Crippen molar-refractivity contribution in [1.82, 2.24) is 5.32 Å².